The third-order valence-corrected chi connectivity index (χ3v) is 4.35. The van der Waals surface area contributed by atoms with Crippen molar-refractivity contribution in [3.63, 3.8) is 0 Å². The second-order valence-corrected chi connectivity index (χ2v) is 5.67. The van der Waals surface area contributed by atoms with Crippen LogP contribution in [0.25, 0.3) is 0 Å². The zero-order valence-electron chi connectivity index (χ0n) is 12.5. The zero-order valence-corrected chi connectivity index (χ0v) is 12.5. The van der Waals surface area contributed by atoms with E-state index >= 15 is 0 Å². The first-order chi connectivity index (χ1) is 10.7. The number of piperidine rings is 1. The normalized spacial score (nSPS) is 17.9. The molecular weight excluding hydrogens is 280 g/mol. The summed E-state index contributed by atoms with van der Waals surface area (Å²) in [4.78, 5) is 26.2. The molecule has 0 radical (unpaired) electrons. The van der Waals surface area contributed by atoms with Gasteiger partial charge < -0.3 is 10.4 Å². The van der Waals surface area contributed by atoms with E-state index in [-0.39, 0.29) is 18.4 Å². The minimum absolute atomic E-state index is 0.0371. The summed E-state index contributed by atoms with van der Waals surface area (Å²) in [6.45, 7) is 2.15. The lowest BCUT2D eigenvalue weighted by Gasteiger charge is -2.23. The van der Waals surface area contributed by atoms with Gasteiger partial charge in [-0.2, -0.15) is 0 Å². The standard InChI is InChI=1S/C17H20N2O3/c20-10-7-13(12-5-8-18-9-6-12)11-19-16(21)14-3-1-2-4-15(14)17(19)22/h1-4,18,20H,5-11H2. The molecule has 2 aliphatic heterocycles. The number of aliphatic hydroxyl groups is 1. The predicted molar refractivity (Wildman–Crippen MR) is 82.6 cm³/mol. The van der Waals surface area contributed by atoms with Crippen molar-refractivity contribution in [1.82, 2.24) is 10.2 Å². The quantitative estimate of drug-likeness (QED) is 0.650. The predicted octanol–water partition coefficient (Wildman–Crippen LogP) is 1.34. The summed E-state index contributed by atoms with van der Waals surface area (Å²) < 4.78 is 0. The number of carbonyl (C=O) groups is 2. The first kappa shape index (κ1) is 14.9. The summed E-state index contributed by atoms with van der Waals surface area (Å²) in [6, 6.07) is 6.93. The van der Waals surface area contributed by atoms with Gasteiger partial charge in [0.05, 0.1) is 17.7 Å². The van der Waals surface area contributed by atoms with Crippen LogP contribution in [0.2, 0.25) is 0 Å². The first-order valence-electron chi connectivity index (χ1n) is 7.69. The van der Waals surface area contributed by atoms with Crippen molar-refractivity contribution in [2.75, 3.05) is 26.2 Å². The Morgan fingerprint density at radius 2 is 1.68 bits per heavy atom. The van der Waals surface area contributed by atoms with Crippen molar-refractivity contribution in [1.29, 1.82) is 0 Å². The van der Waals surface area contributed by atoms with E-state index in [1.807, 2.05) is 0 Å². The summed E-state index contributed by atoms with van der Waals surface area (Å²) in [5.74, 6) is -0.462. The number of aliphatic hydroxyl groups excluding tert-OH is 1. The summed E-state index contributed by atoms with van der Waals surface area (Å²) in [5.41, 5.74) is 3.25. The molecule has 5 nitrogen and oxygen atoms in total. The lowest BCUT2D eigenvalue weighted by atomic mass is 9.96. The summed E-state index contributed by atoms with van der Waals surface area (Å²) in [5, 5.41) is 12.6. The molecule has 1 aromatic rings. The maximum absolute atomic E-state index is 12.4. The van der Waals surface area contributed by atoms with E-state index < -0.39 is 0 Å². The van der Waals surface area contributed by atoms with Crippen LogP contribution >= 0.6 is 0 Å². The lowest BCUT2D eigenvalue weighted by Crippen LogP contribution is -2.33. The van der Waals surface area contributed by atoms with Crippen LogP contribution in [0.3, 0.4) is 0 Å². The van der Waals surface area contributed by atoms with Gasteiger partial charge in [-0.15, -0.1) is 0 Å². The number of imide groups is 1. The van der Waals surface area contributed by atoms with Gasteiger partial charge in [0.2, 0.25) is 0 Å². The fourth-order valence-electron chi connectivity index (χ4n) is 3.16. The molecule has 0 aromatic heterocycles. The number of hydrogen-bond acceptors (Lipinski definition) is 4. The van der Waals surface area contributed by atoms with Crippen molar-refractivity contribution >= 4 is 11.8 Å². The second kappa shape index (κ2) is 6.42. The van der Waals surface area contributed by atoms with E-state index in [4.69, 9.17) is 0 Å². The number of carbonyl (C=O) groups excluding carboxylic acids is 2. The minimum atomic E-state index is -0.231. The van der Waals surface area contributed by atoms with Gasteiger partial charge in [0.25, 0.3) is 11.8 Å². The Morgan fingerprint density at radius 3 is 2.23 bits per heavy atom. The van der Waals surface area contributed by atoms with Crippen molar-refractivity contribution < 1.29 is 14.7 Å². The third kappa shape index (κ3) is 2.69. The van der Waals surface area contributed by atoms with Crippen LogP contribution in [0.4, 0.5) is 0 Å². The Kier molecular flexibility index (Phi) is 4.36. The lowest BCUT2D eigenvalue weighted by molar-refractivity contribution is 0.0665. The molecule has 1 aromatic carbocycles. The highest BCUT2D eigenvalue weighted by molar-refractivity contribution is 6.21. The molecule has 22 heavy (non-hydrogen) atoms. The molecule has 0 saturated carbocycles. The number of nitrogens with one attached hydrogen (secondary N) is 1. The molecule has 0 bridgehead atoms. The topological polar surface area (TPSA) is 69.6 Å². The van der Waals surface area contributed by atoms with Crippen LogP contribution in [0, 0.1) is 0 Å². The van der Waals surface area contributed by atoms with Gasteiger partial charge in [0, 0.05) is 6.61 Å². The number of rotatable bonds is 4. The van der Waals surface area contributed by atoms with Crippen molar-refractivity contribution in [2.45, 2.75) is 19.3 Å². The molecule has 3 rings (SSSR count). The third-order valence-electron chi connectivity index (χ3n) is 4.35. The van der Waals surface area contributed by atoms with Gasteiger partial charge in [-0.25, -0.2) is 0 Å². The molecule has 116 valence electrons. The van der Waals surface area contributed by atoms with E-state index in [0.29, 0.717) is 24.1 Å². The Labute approximate surface area is 129 Å². The monoisotopic (exact) mass is 300 g/mol. The maximum Gasteiger partial charge on any atom is 0.261 e. The number of amides is 2. The minimum Gasteiger partial charge on any atom is -0.396 e. The summed E-state index contributed by atoms with van der Waals surface area (Å²) in [7, 11) is 0. The summed E-state index contributed by atoms with van der Waals surface area (Å²) in [6.07, 6.45) is 2.35. The molecule has 0 spiro atoms. The summed E-state index contributed by atoms with van der Waals surface area (Å²) >= 11 is 0. The molecule has 1 saturated heterocycles. The van der Waals surface area contributed by atoms with Gasteiger partial charge in [0.1, 0.15) is 0 Å². The Hall–Kier alpha value is -1.98. The van der Waals surface area contributed by atoms with Crippen molar-refractivity contribution in [2.24, 2.45) is 0 Å². The molecule has 2 heterocycles. The van der Waals surface area contributed by atoms with Crippen molar-refractivity contribution in [3.05, 3.63) is 46.5 Å². The van der Waals surface area contributed by atoms with Gasteiger partial charge in [-0.1, -0.05) is 17.7 Å². The number of fused-ring (bicyclic) bond motifs is 1. The Balaban J connectivity index is 1.85. The molecule has 0 aliphatic carbocycles. The van der Waals surface area contributed by atoms with Crippen LogP contribution in [0.5, 0.6) is 0 Å². The Morgan fingerprint density at radius 1 is 1.09 bits per heavy atom. The second-order valence-electron chi connectivity index (χ2n) is 5.67. The van der Waals surface area contributed by atoms with E-state index in [1.54, 1.807) is 24.3 Å². The average Bonchev–Trinajstić information content (AvgIpc) is 2.80. The highest BCUT2D eigenvalue weighted by atomic mass is 16.3. The van der Waals surface area contributed by atoms with E-state index in [9.17, 15) is 14.7 Å². The van der Waals surface area contributed by atoms with Crippen molar-refractivity contribution in [3.8, 4) is 0 Å². The SMILES string of the molecule is O=C1c2ccccc2C(=O)N1CC(CCO)=C1CCNCC1. The van der Waals surface area contributed by atoms with Crippen LogP contribution in [0.1, 0.15) is 40.0 Å². The molecular formula is C17H20N2O3. The van der Waals surface area contributed by atoms with Gasteiger partial charge in [0.15, 0.2) is 0 Å². The highest BCUT2D eigenvalue weighted by Crippen LogP contribution is 2.26. The molecule has 2 amide bonds. The molecule has 0 atom stereocenters. The van der Waals surface area contributed by atoms with Gasteiger partial charge >= 0.3 is 0 Å². The van der Waals surface area contributed by atoms with E-state index in [1.165, 1.54) is 10.5 Å². The number of nitrogens with zero attached hydrogens (tertiary/aromatic N) is 1. The smallest absolute Gasteiger partial charge is 0.261 e. The van der Waals surface area contributed by atoms with Crippen LogP contribution in [-0.4, -0.2) is 48.1 Å². The average molecular weight is 300 g/mol. The number of hydrogen-bond donors (Lipinski definition) is 2. The maximum atomic E-state index is 12.4. The molecule has 2 aliphatic rings. The highest BCUT2D eigenvalue weighted by Gasteiger charge is 2.35. The van der Waals surface area contributed by atoms with Crippen LogP contribution in [0.15, 0.2) is 35.4 Å². The fraction of sp³-hybridized carbons (Fsp3) is 0.412. The van der Waals surface area contributed by atoms with Gasteiger partial charge in [-0.3, -0.25) is 14.5 Å². The largest absolute Gasteiger partial charge is 0.396 e. The molecule has 0 unspecified atom stereocenters. The molecule has 5 heteroatoms. The molecule has 1 fully saturated rings. The first-order valence-corrected chi connectivity index (χ1v) is 7.69. The van der Waals surface area contributed by atoms with Gasteiger partial charge in [-0.05, 0) is 50.1 Å². The number of benzene rings is 1. The van der Waals surface area contributed by atoms with E-state index in [2.05, 4.69) is 5.32 Å². The molecule has 2 N–H and O–H groups in total. The zero-order chi connectivity index (χ0) is 15.5. The van der Waals surface area contributed by atoms with Crippen LogP contribution < -0.4 is 5.32 Å². The van der Waals surface area contributed by atoms with E-state index in [0.717, 1.165) is 31.5 Å². The van der Waals surface area contributed by atoms with Crippen LogP contribution in [-0.2, 0) is 0 Å². The Bertz CT molecular complexity index is 594. The fourth-order valence-corrected chi connectivity index (χ4v) is 3.16.